The monoisotopic (exact) mass is 608 g/mol. The fourth-order valence-electron chi connectivity index (χ4n) is 4.51. The van der Waals surface area contributed by atoms with E-state index in [9.17, 15) is 19.2 Å². The quantitative estimate of drug-likeness (QED) is 0.0430. The molecule has 0 aliphatic heterocycles. The lowest BCUT2D eigenvalue weighted by atomic mass is 10.1. The molecule has 9 nitrogen and oxygen atoms in total. The Labute approximate surface area is 260 Å². The molecule has 9 heteroatoms. The molecule has 0 heterocycles. The third kappa shape index (κ3) is 26.7. The predicted octanol–water partition coefficient (Wildman–Crippen LogP) is 6.53. The van der Waals surface area contributed by atoms with Crippen molar-refractivity contribution in [2.75, 3.05) is 13.2 Å². The fraction of sp³-hybridized carbons (Fsp3) is 0.765. The van der Waals surface area contributed by atoms with Crippen molar-refractivity contribution in [2.24, 2.45) is 0 Å². The van der Waals surface area contributed by atoms with E-state index in [0.29, 0.717) is 12.8 Å². The smallest absolute Gasteiger partial charge is 0.328 e. The van der Waals surface area contributed by atoms with Crippen molar-refractivity contribution >= 4 is 23.8 Å². The molecule has 0 aliphatic carbocycles. The van der Waals surface area contributed by atoms with Crippen molar-refractivity contribution in [3.05, 3.63) is 24.3 Å². The largest absolute Gasteiger partial charge is 0.480 e. The number of carboxylic acid groups (broad SMARTS) is 1. The van der Waals surface area contributed by atoms with Crippen molar-refractivity contribution in [3.63, 3.8) is 0 Å². The molecule has 0 aromatic carbocycles. The van der Waals surface area contributed by atoms with Crippen LogP contribution >= 0.6 is 0 Å². The topological polar surface area (TPSA) is 142 Å². The molecule has 43 heavy (non-hydrogen) atoms. The van der Waals surface area contributed by atoms with Crippen LogP contribution in [0.25, 0.3) is 0 Å². The summed E-state index contributed by atoms with van der Waals surface area (Å²) in [6.07, 6.45) is 28.0. The maximum absolute atomic E-state index is 12.5. The summed E-state index contributed by atoms with van der Waals surface area (Å²) >= 11 is 0. The first-order valence-corrected chi connectivity index (χ1v) is 16.7. The predicted molar refractivity (Wildman–Crippen MR) is 172 cm³/mol. The van der Waals surface area contributed by atoms with Gasteiger partial charge in [-0.2, -0.15) is 0 Å². The van der Waals surface area contributed by atoms with Crippen LogP contribution < -0.4 is 10.6 Å². The zero-order valence-electron chi connectivity index (χ0n) is 27.0. The Hall–Kier alpha value is -2.68. The molecule has 0 fully saturated rings. The number of amides is 2. The highest BCUT2D eigenvalue weighted by atomic mass is 16.5. The first kappa shape index (κ1) is 40.3. The fourth-order valence-corrected chi connectivity index (χ4v) is 4.51. The van der Waals surface area contributed by atoms with Crippen LogP contribution in [-0.2, 0) is 23.9 Å². The maximum Gasteiger partial charge on any atom is 0.328 e. The number of allylic oxidation sites excluding steroid dienone is 3. The van der Waals surface area contributed by atoms with Gasteiger partial charge in [0.05, 0.1) is 13.2 Å². The van der Waals surface area contributed by atoms with E-state index in [4.69, 9.17) is 14.9 Å². The van der Waals surface area contributed by atoms with E-state index in [-0.39, 0.29) is 30.9 Å². The van der Waals surface area contributed by atoms with Crippen molar-refractivity contribution in [2.45, 2.75) is 154 Å². The second kappa shape index (κ2) is 29.4. The van der Waals surface area contributed by atoms with Gasteiger partial charge in [0.1, 0.15) is 12.1 Å². The molecular weight excluding hydrogens is 548 g/mol. The summed E-state index contributed by atoms with van der Waals surface area (Å²) < 4.78 is 5.82. The van der Waals surface area contributed by atoms with Crippen LogP contribution in [-0.4, -0.2) is 59.3 Å². The minimum Gasteiger partial charge on any atom is -0.480 e. The summed E-state index contributed by atoms with van der Waals surface area (Å²) in [6.45, 7) is 3.33. The van der Waals surface area contributed by atoms with E-state index >= 15 is 0 Å². The number of hydrogen-bond donors (Lipinski definition) is 4. The number of unbranched alkanes of at least 4 members (excludes halogenated alkanes) is 13. The number of carbonyl (C=O) groups excluding carboxylic acids is 3. The molecule has 0 aliphatic rings. The van der Waals surface area contributed by atoms with Crippen LogP contribution in [0.4, 0.5) is 0 Å². The summed E-state index contributed by atoms with van der Waals surface area (Å²) in [5.41, 5.74) is 0. The van der Waals surface area contributed by atoms with E-state index in [2.05, 4.69) is 42.7 Å². The second-order valence-corrected chi connectivity index (χ2v) is 11.2. The lowest BCUT2D eigenvalue weighted by Crippen LogP contribution is -2.47. The Morgan fingerprint density at radius 3 is 1.98 bits per heavy atom. The molecule has 0 aromatic heterocycles. The average molecular weight is 609 g/mol. The number of nitrogens with one attached hydrogen (secondary N) is 2. The molecule has 0 saturated heterocycles. The molecular formula is C34H60N2O7. The van der Waals surface area contributed by atoms with Gasteiger partial charge in [-0.25, -0.2) is 4.79 Å². The minimum absolute atomic E-state index is 0.127. The van der Waals surface area contributed by atoms with Crippen LogP contribution in [0, 0.1) is 0 Å². The Balaban J connectivity index is 4.28. The van der Waals surface area contributed by atoms with Crippen molar-refractivity contribution in [1.29, 1.82) is 0 Å². The van der Waals surface area contributed by atoms with E-state index in [1.54, 1.807) is 0 Å². The highest BCUT2D eigenvalue weighted by molar-refractivity contribution is 5.87. The van der Waals surface area contributed by atoms with E-state index in [1.807, 2.05) is 6.08 Å². The molecule has 0 spiro atoms. The molecule has 0 rings (SSSR count). The van der Waals surface area contributed by atoms with E-state index < -0.39 is 24.5 Å². The number of aliphatic carboxylic acids is 1. The van der Waals surface area contributed by atoms with Crippen LogP contribution in [0.2, 0.25) is 0 Å². The van der Waals surface area contributed by atoms with Gasteiger partial charge in [0.2, 0.25) is 11.8 Å². The Kier molecular flexibility index (Phi) is 27.6. The number of aliphatic hydroxyl groups is 1. The summed E-state index contributed by atoms with van der Waals surface area (Å²) in [5.74, 6) is -2.42. The number of ether oxygens (including phenoxy) is 1. The number of carbonyl (C=O) groups is 4. The van der Waals surface area contributed by atoms with Crippen molar-refractivity contribution in [3.8, 4) is 0 Å². The number of rotatable bonds is 29. The van der Waals surface area contributed by atoms with Gasteiger partial charge in [-0.05, 0) is 63.9 Å². The highest BCUT2D eigenvalue weighted by Crippen LogP contribution is 2.14. The van der Waals surface area contributed by atoms with Gasteiger partial charge in [0, 0.05) is 12.8 Å². The number of esters is 1. The van der Waals surface area contributed by atoms with Crippen molar-refractivity contribution < 1.29 is 34.1 Å². The number of hydrogen-bond acceptors (Lipinski definition) is 6. The van der Waals surface area contributed by atoms with Crippen LogP contribution in [0.15, 0.2) is 24.3 Å². The summed E-state index contributed by atoms with van der Waals surface area (Å²) in [4.78, 5) is 47.1. The Morgan fingerprint density at radius 1 is 0.698 bits per heavy atom. The Morgan fingerprint density at radius 2 is 1.30 bits per heavy atom. The normalized spacial score (nSPS) is 12.8. The first-order chi connectivity index (χ1) is 20.8. The average Bonchev–Trinajstić information content (AvgIpc) is 2.98. The number of carboxylic acids is 1. The molecule has 248 valence electrons. The summed E-state index contributed by atoms with van der Waals surface area (Å²) in [5, 5.41) is 22.4. The summed E-state index contributed by atoms with van der Waals surface area (Å²) in [7, 11) is 0. The zero-order valence-corrected chi connectivity index (χ0v) is 27.0. The second-order valence-electron chi connectivity index (χ2n) is 11.2. The molecule has 0 bridgehead atoms. The van der Waals surface area contributed by atoms with E-state index in [0.717, 1.165) is 70.6 Å². The third-order valence-electron chi connectivity index (χ3n) is 7.14. The van der Waals surface area contributed by atoms with Gasteiger partial charge in [0.25, 0.3) is 0 Å². The first-order valence-electron chi connectivity index (χ1n) is 16.7. The van der Waals surface area contributed by atoms with Gasteiger partial charge in [0.15, 0.2) is 0 Å². The SMILES string of the molecule is CCC/C=C\CCCCCCCC(=O)OC(/C=C\CCCCCC)CCCCCCC(=O)NCC(=O)NC(CO)C(=O)O. The van der Waals surface area contributed by atoms with Crippen LogP contribution in [0.3, 0.4) is 0 Å². The van der Waals surface area contributed by atoms with Crippen molar-refractivity contribution in [1.82, 2.24) is 10.6 Å². The summed E-state index contributed by atoms with van der Waals surface area (Å²) in [6, 6.07) is -1.39. The zero-order chi connectivity index (χ0) is 32.0. The Bertz CT molecular complexity index is 798. The molecule has 2 amide bonds. The van der Waals surface area contributed by atoms with Crippen LogP contribution in [0.1, 0.15) is 142 Å². The molecule has 4 N–H and O–H groups in total. The van der Waals surface area contributed by atoms with Crippen LogP contribution in [0.5, 0.6) is 0 Å². The lowest BCUT2D eigenvalue weighted by Gasteiger charge is -2.15. The minimum atomic E-state index is -1.39. The standard InChI is InChI=1S/C34H60N2O7/c1-3-5-7-9-11-12-13-14-16-22-26-33(40)43-29(23-19-15-10-8-6-4-2)24-20-17-18-21-25-31(38)35-27-32(39)36-30(28-37)34(41)42/h7,9,19,23,29-30,37H,3-6,8,10-18,20-22,24-28H2,1-2H3,(H,35,38)(H,36,39)(H,41,42)/b9-7-,23-19-. The molecule has 0 aromatic rings. The number of aliphatic hydroxyl groups excluding tert-OH is 1. The lowest BCUT2D eigenvalue weighted by molar-refractivity contribution is -0.147. The van der Waals surface area contributed by atoms with Gasteiger partial charge >= 0.3 is 11.9 Å². The third-order valence-corrected chi connectivity index (χ3v) is 7.14. The van der Waals surface area contributed by atoms with Gasteiger partial charge in [-0.1, -0.05) is 89.9 Å². The highest BCUT2D eigenvalue weighted by Gasteiger charge is 2.18. The molecule has 0 saturated carbocycles. The maximum atomic E-state index is 12.5. The van der Waals surface area contributed by atoms with E-state index in [1.165, 1.54) is 38.5 Å². The molecule has 2 atom stereocenters. The molecule has 0 radical (unpaired) electrons. The van der Waals surface area contributed by atoms with Gasteiger partial charge in [-0.15, -0.1) is 0 Å². The van der Waals surface area contributed by atoms with Gasteiger partial charge < -0.3 is 25.6 Å². The molecule has 2 unspecified atom stereocenters. The van der Waals surface area contributed by atoms with Gasteiger partial charge in [-0.3, -0.25) is 14.4 Å².